The molecule has 0 radical (unpaired) electrons. The van der Waals surface area contributed by atoms with Gasteiger partial charge in [0.2, 0.25) is 11.7 Å². The molecule has 4 atom stereocenters. The number of carbonyl (C=O) groups is 2. The summed E-state index contributed by atoms with van der Waals surface area (Å²) in [5.41, 5.74) is 4.38. The lowest BCUT2D eigenvalue weighted by Gasteiger charge is -2.32. The van der Waals surface area contributed by atoms with Gasteiger partial charge < -0.3 is 24.8 Å². The molecule has 7 heteroatoms. The lowest BCUT2D eigenvalue weighted by atomic mass is 9.81. The smallest absolute Gasteiger partial charge is 0.225 e. The van der Waals surface area contributed by atoms with E-state index in [2.05, 4.69) is 29.7 Å². The normalized spacial score (nSPS) is 26.1. The van der Waals surface area contributed by atoms with E-state index in [1.54, 1.807) is 21.3 Å². The average molecular weight is 515 g/mol. The van der Waals surface area contributed by atoms with Gasteiger partial charge in [-0.1, -0.05) is 48.1 Å². The molecule has 4 unspecified atom stereocenters. The average Bonchev–Trinajstić information content (AvgIpc) is 3.64. The minimum absolute atomic E-state index is 0.0370. The molecule has 2 aliphatic carbocycles. The van der Waals surface area contributed by atoms with Crippen LogP contribution >= 0.6 is 0 Å². The van der Waals surface area contributed by atoms with Gasteiger partial charge in [-0.15, -0.1) is 0 Å². The molecule has 7 nitrogen and oxygen atoms in total. The molecule has 5 rings (SSSR count). The highest BCUT2D eigenvalue weighted by Gasteiger charge is 2.37. The molecule has 0 aromatic heterocycles. The number of hydrogen-bond donors (Lipinski definition) is 2. The van der Waals surface area contributed by atoms with Gasteiger partial charge in [0.25, 0.3) is 0 Å². The number of Topliss-reactive ketones (excluding diaryl/α,β-unsaturated/α-hetero) is 1. The predicted octanol–water partition coefficient (Wildman–Crippen LogP) is 4.69. The van der Waals surface area contributed by atoms with Crippen molar-refractivity contribution in [1.29, 1.82) is 0 Å². The molecule has 1 aliphatic heterocycles. The Morgan fingerprint density at radius 2 is 1.74 bits per heavy atom. The number of benzene rings is 2. The molecule has 198 valence electrons. The van der Waals surface area contributed by atoms with Gasteiger partial charge in [-0.25, -0.2) is 0 Å². The van der Waals surface area contributed by atoms with Crippen molar-refractivity contribution < 1.29 is 23.8 Å². The van der Waals surface area contributed by atoms with Crippen LogP contribution in [0.25, 0.3) is 0 Å². The van der Waals surface area contributed by atoms with Crippen LogP contribution in [0.15, 0.2) is 72.0 Å². The van der Waals surface area contributed by atoms with Gasteiger partial charge in [0.1, 0.15) is 0 Å². The first-order chi connectivity index (χ1) is 18.4. The van der Waals surface area contributed by atoms with E-state index >= 15 is 0 Å². The zero-order valence-electron chi connectivity index (χ0n) is 22.2. The third kappa shape index (κ3) is 5.24. The molecule has 1 fully saturated rings. The minimum atomic E-state index is -0.599. The third-order valence-corrected chi connectivity index (χ3v) is 7.57. The maximum Gasteiger partial charge on any atom is 0.225 e. The van der Waals surface area contributed by atoms with Crippen molar-refractivity contribution in [2.24, 2.45) is 11.8 Å². The number of ketones is 1. The molecule has 1 saturated carbocycles. The fourth-order valence-electron chi connectivity index (χ4n) is 5.48. The summed E-state index contributed by atoms with van der Waals surface area (Å²) in [4.78, 5) is 27.2. The molecule has 38 heavy (non-hydrogen) atoms. The van der Waals surface area contributed by atoms with E-state index < -0.39 is 12.0 Å². The van der Waals surface area contributed by atoms with Crippen LogP contribution in [0, 0.1) is 11.8 Å². The number of methoxy groups -OCH3 is 3. The molecule has 2 N–H and O–H groups in total. The van der Waals surface area contributed by atoms with E-state index in [0.717, 1.165) is 23.2 Å². The number of carbonyl (C=O) groups excluding carboxylic acids is 2. The minimum Gasteiger partial charge on any atom is -0.493 e. The van der Waals surface area contributed by atoms with Gasteiger partial charge in [-0.3, -0.25) is 9.59 Å². The Morgan fingerprint density at radius 1 is 1.03 bits per heavy atom. The van der Waals surface area contributed by atoms with E-state index in [9.17, 15) is 9.59 Å². The first kappa shape index (κ1) is 25.8. The van der Waals surface area contributed by atoms with Crippen LogP contribution in [0.5, 0.6) is 17.2 Å². The van der Waals surface area contributed by atoms with E-state index in [0.29, 0.717) is 41.2 Å². The molecule has 0 spiro atoms. The highest BCUT2D eigenvalue weighted by molar-refractivity contribution is 6.03. The summed E-state index contributed by atoms with van der Waals surface area (Å²) in [6.45, 7) is 2.62. The number of allylic oxidation sites excluding steroid dienone is 5. The fourth-order valence-corrected chi connectivity index (χ4v) is 5.48. The van der Waals surface area contributed by atoms with Crippen molar-refractivity contribution >= 4 is 11.7 Å². The first-order valence-corrected chi connectivity index (χ1v) is 13.0. The van der Waals surface area contributed by atoms with Crippen LogP contribution in [0.4, 0.5) is 0 Å². The van der Waals surface area contributed by atoms with Crippen molar-refractivity contribution in [3.05, 3.63) is 88.7 Å². The number of rotatable bonds is 8. The summed E-state index contributed by atoms with van der Waals surface area (Å²) in [6, 6.07) is 10.7. The number of nitrogens with one attached hydrogen (secondary N) is 2. The summed E-state index contributed by atoms with van der Waals surface area (Å²) in [5.74, 6) is 1.74. The Bertz CT molecular complexity index is 1320. The van der Waals surface area contributed by atoms with Gasteiger partial charge in [0.15, 0.2) is 17.3 Å². The largest absolute Gasteiger partial charge is 0.493 e. The van der Waals surface area contributed by atoms with Gasteiger partial charge >= 0.3 is 0 Å². The number of hydrogen-bond acceptors (Lipinski definition) is 6. The monoisotopic (exact) mass is 514 g/mol. The van der Waals surface area contributed by atoms with E-state index in [-0.39, 0.29) is 18.1 Å². The molecule has 3 aliphatic rings. The quantitative estimate of drug-likeness (QED) is 0.532. The van der Waals surface area contributed by atoms with Gasteiger partial charge in [0.05, 0.1) is 27.4 Å². The summed E-state index contributed by atoms with van der Waals surface area (Å²) >= 11 is 0. The Kier molecular flexibility index (Phi) is 7.38. The summed E-state index contributed by atoms with van der Waals surface area (Å²) < 4.78 is 16.7. The fraction of sp³-hybridized carbons (Fsp3) is 0.355. The van der Waals surface area contributed by atoms with Crippen LogP contribution in [0.1, 0.15) is 47.2 Å². The highest BCUT2D eigenvalue weighted by atomic mass is 16.5. The zero-order chi connectivity index (χ0) is 26.8. The van der Waals surface area contributed by atoms with E-state index in [1.165, 1.54) is 5.57 Å². The Morgan fingerprint density at radius 3 is 2.45 bits per heavy atom. The predicted molar refractivity (Wildman–Crippen MR) is 146 cm³/mol. The molecular formula is C31H34N2O5. The molecule has 1 amide bonds. The Labute approximate surface area is 223 Å². The molecule has 0 bridgehead atoms. The topological polar surface area (TPSA) is 85.9 Å². The molecular weight excluding hydrogens is 480 g/mol. The number of ether oxygens (including phenoxy) is 3. The number of amides is 1. The second-order valence-corrected chi connectivity index (χ2v) is 10.1. The maximum atomic E-state index is 13.7. The van der Waals surface area contributed by atoms with Crippen molar-refractivity contribution in [2.75, 3.05) is 21.3 Å². The summed E-state index contributed by atoms with van der Waals surface area (Å²) in [5, 5.41) is 6.49. The van der Waals surface area contributed by atoms with Crippen molar-refractivity contribution in [3.8, 4) is 17.2 Å². The van der Waals surface area contributed by atoms with E-state index in [4.69, 9.17) is 14.2 Å². The van der Waals surface area contributed by atoms with Crippen molar-refractivity contribution in [2.45, 2.75) is 38.3 Å². The van der Waals surface area contributed by atoms with Crippen molar-refractivity contribution in [1.82, 2.24) is 10.6 Å². The van der Waals surface area contributed by atoms with Crippen LogP contribution in [0.2, 0.25) is 0 Å². The van der Waals surface area contributed by atoms with Crippen LogP contribution < -0.4 is 24.8 Å². The SMILES string of the molecule is COc1cc(C(CC(=O)NC2=C\C3CC3\C=C(C)/C=C\2)C2NCc3ccccc3C2=O)cc(OC)c1OC. The molecule has 1 heterocycles. The van der Waals surface area contributed by atoms with Gasteiger partial charge in [0, 0.05) is 30.1 Å². The second-order valence-electron chi connectivity index (χ2n) is 10.1. The summed E-state index contributed by atoms with van der Waals surface area (Å²) in [6.07, 6.45) is 9.60. The Balaban J connectivity index is 1.48. The maximum absolute atomic E-state index is 13.7. The van der Waals surface area contributed by atoms with Gasteiger partial charge in [-0.2, -0.15) is 0 Å². The number of fused-ring (bicyclic) bond motifs is 2. The lowest BCUT2D eigenvalue weighted by molar-refractivity contribution is -0.120. The molecule has 0 saturated heterocycles. The molecule has 2 aromatic rings. The highest BCUT2D eigenvalue weighted by Crippen LogP contribution is 2.44. The standard InChI is InChI=1S/C31H34N2O5/c1-18-9-10-23(13-21-12-20(21)11-18)33-28(34)16-25(22-14-26(36-2)31(38-4)27(15-22)37-3)29-30(35)24-8-6-5-7-19(24)17-32-29/h5-11,13-15,20-21,25,29,32H,12,16-17H2,1-4H3,(H,33,34)/b10-9-,18-11-,23-13-. The first-order valence-electron chi connectivity index (χ1n) is 13.0. The van der Waals surface area contributed by atoms with Crippen LogP contribution in [0.3, 0.4) is 0 Å². The third-order valence-electron chi connectivity index (χ3n) is 7.57. The van der Waals surface area contributed by atoms with Crippen molar-refractivity contribution in [3.63, 3.8) is 0 Å². The molecule has 2 aromatic carbocycles. The summed E-state index contributed by atoms with van der Waals surface area (Å²) in [7, 11) is 4.65. The zero-order valence-corrected chi connectivity index (χ0v) is 22.2. The Hall–Kier alpha value is -3.84. The van der Waals surface area contributed by atoms with Crippen LogP contribution in [-0.4, -0.2) is 39.1 Å². The second kappa shape index (κ2) is 10.9. The van der Waals surface area contributed by atoms with Crippen LogP contribution in [-0.2, 0) is 11.3 Å². The van der Waals surface area contributed by atoms with Gasteiger partial charge in [-0.05, 0) is 54.5 Å². The lowest BCUT2D eigenvalue weighted by Crippen LogP contribution is -2.46. The van der Waals surface area contributed by atoms with E-state index in [1.807, 2.05) is 48.6 Å².